The molecule has 0 aromatic rings. The highest BCUT2D eigenvalue weighted by Crippen LogP contribution is 2.26. The number of nitrogens with one attached hydrogen (secondary N) is 1. The number of nitrogens with zero attached hydrogens (tertiary/aromatic N) is 1. The Morgan fingerprint density at radius 2 is 2.31 bits per heavy atom. The van der Waals surface area contributed by atoms with Crippen molar-refractivity contribution in [2.24, 2.45) is 17.8 Å². The van der Waals surface area contributed by atoms with Crippen LogP contribution in [0.15, 0.2) is 0 Å². The van der Waals surface area contributed by atoms with Gasteiger partial charge in [0.15, 0.2) is 0 Å². The summed E-state index contributed by atoms with van der Waals surface area (Å²) in [6, 6.07) is 0. The number of amides is 1. The second-order valence-corrected chi connectivity index (χ2v) is 5.72. The Morgan fingerprint density at radius 3 is 2.88 bits per heavy atom. The summed E-state index contributed by atoms with van der Waals surface area (Å²) in [5.41, 5.74) is 0. The average Bonchev–Trinajstić information content (AvgIpc) is 2.62. The lowest BCUT2D eigenvalue weighted by Crippen LogP contribution is -2.39. The minimum absolute atomic E-state index is 0.379. The van der Waals surface area contributed by atoms with E-state index in [1.54, 1.807) is 0 Å². The first-order valence-corrected chi connectivity index (χ1v) is 6.65. The number of rotatable bonds is 3. The zero-order valence-corrected chi connectivity index (χ0v) is 10.5. The van der Waals surface area contributed by atoms with Crippen molar-refractivity contribution in [3.8, 4) is 0 Å². The van der Waals surface area contributed by atoms with Crippen molar-refractivity contribution in [1.82, 2.24) is 10.2 Å². The van der Waals surface area contributed by atoms with Gasteiger partial charge in [-0.15, -0.1) is 0 Å². The molecule has 3 nitrogen and oxygen atoms in total. The van der Waals surface area contributed by atoms with E-state index in [0.717, 1.165) is 32.6 Å². The van der Waals surface area contributed by atoms with Crippen LogP contribution in [0.25, 0.3) is 0 Å². The van der Waals surface area contributed by atoms with Gasteiger partial charge in [-0.1, -0.05) is 13.8 Å². The van der Waals surface area contributed by atoms with Gasteiger partial charge in [0.2, 0.25) is 5.91 Å². The SMILES string of the molecule is CC(C)C1CC(=O)N(CC2CCCNC2)C1. The summed E-state index contributed by atoms with van der Waals surface area (Å²) in [6.45, 7) is 8.67. The van der Waals surface area contributed by atoms with Crippen LogP contribution >= 0.6 is 0 Å². The Bertz CT molecular complexity index is 246. The van der Waals surface area contributed by atoms with Crippen LogP contribution in [0.5, 0.6) is 0 Å². The van der Waals surface area contributed by atoms with Gasteiger partial charge in [-0.25, -0.2) is 0 Å². The summed E-state index contributed by atoms with van der Waals surface area (Å²) in [6.07, 6.45) is 3.32. The molecule has 3 heteroatoms. The molecule has 0 aromatic heterocycles. The molecule has 0 radical (unpaired) electrons. The number of piperidine rings is 1. The number of carbonyl (C=O) groups excluding carboxylic acids is 1. The molecule has 0 saturated carbocycles. The van der Waals surface area contributed by atoms with Crippen LogP contribution in [0.4, 0.5) is 0 Å². The summed E-state index contributed by atoms with van der Waals surface area (Å²) < 4.78 is 0. The van der Waals surface area contributed by atoms with E-state index in [1.165, 1.54) is 12.8 Å². The van der Waals surface area contributed by atoms with Crippen LogP contribution in [-0.2, 0) is 4.79 Å². The average molecular weight is 224 g/mol. The maximum Gasteiger partial charge on any atom is 0.222 e. The van der Waals surface area contributed by atoms with Gasteiger partial charge in [-0.05, 0) is 43.7 Å². The fourth-order valence-electron chi connectivity index (χ4n) is 2.82. The largest absolute Gasteiger partial charge is 0.342 e. The Hall–Kier alpha value is -0.570. The van der Waals surface area contributed by atoms with E-state index in [4.69, 9.17) is 0 Å². The van der Waals surface area contributed by atoms with E-state index in [0.29, 0.717) is 23.7 Å². The predicted octanol–water partition coefficient (Wildman–Crippen LogP) is 1.49. The second kappa shape index (κ2) is 5.17. The Balaban J connectivity index is 1.83. The van der Waals surface area contributed by atoms with Crippen LogP contribution in [0.3, 0.4) is 0 Å². The lowest BCUT2D eigenvalue weighted by Gasteiger charge is -2.27. The van der Waals surface area contributed by atoms with Crippen molar-refractivity contribution < 1.29 is 4.79 Å². The van der Waals surface area contributed by atoms with Crippen molar-refractivity contribution in [2.75, 3.05) is 26.2 Å². The third kappa shape index (κ3) is 2.76. The number of carbonyl (C=O) groups is 1. The molecule has 2 saturated heterocycles. The monoisotopic (exact) mass is 224 g/mol. The number of hydrogen-bond acceptors (Lipinski definition) is 2. The molecule has 1 amide bonds. The third-order valence-corrected chi connectivity index (χ3v) is 4.06. The molecule has 0 aliphatic carbocycles. The number of likely N-dealkylation sites (tertiary alicyclic amines) is 1. The van der Waals surface area contributed by atoms with Crippen molar-refractivity contribution in [3.63, 3.8) is 0 Å². The molecule has 92 valence electrons. The molecule has 0 aromatic carbocycles. The van der Waals surface area contributed by atoms with Gasteiger partial charge in [-0.2, -0.15) is 0 Å². The molecule has 16 heavy (non-hydrogen) atoms. The molecule has 2 fully saturated rings. The van der Waals surface area contributed by atoms with E-state index in [9.17, 15) is 4.79 Å². The van der Waals surface area contributed by atoms with E-state index >= 15 is 0 Å². The van der Waals surface area contributed by atoms with Crippen molar-refractivity contribution in [3.05, 3.63) is 0 Å². The summed E-state index contributed by atoms with van der Waals surface area (Å²) in [5, 5.41) is 3.42. The zero-order valence-electron chi connectivity index (χ0n) is 10.5. The lowest BCUT2D eigenvalue weighted by atomic mass is 9.95. The van der Waals surface area contributed by atoms with Crippen LogP contribution in [-0.4, -0.2) is 37.0 Å². The molecule has 2 aliphatic rings. The Labute approximate surface area is 98.6 Å². The van der Waals surface area contributed by atoms with Gasteiger partial charge in [0.05, 0.1) is 0 Å². The first kappa shape index (κ1) is 11.9. The summed E-state index contributed by atoms with van der Waals surface area (Å²) >= 11 is 0. The molecule has 2 heterocycles. The van der Waals surface area contributed by atoms with E-state index in [1.807, 2.05) is 0 Å². The van der Waals surface area contributed by atoms with E-state index in [2.05, 4.69) is 24.1 Å². The maximum absolute atomic E-state index is 11.9. The van der Waals surface area contributed by atoms with Gasteiger partial charge in [0.1, 0.15) is 0 Å². The Kier molecular flexibility index (Phi) is 3.85. The molecule has 2 rings (SSSR count). The minimum atomic E-state index is 0.379. The summed E-state index contributed by atoms with van der Waals surface area (Å²) in [7, 11) is 0. The molecule has 0 bridgehead atoms. The Morgan fingerprint density at radius 1 is 1.50 bits per heavy atom. The molecule has 0 spiro atoms. The first-order valence-electron chi connectivity index (χ1n) is 6.65. The molecular formula is C13H24N2O. The highest BCUT2D eigenvalue weighted by molar-refractivity contribution is 5.78. The van der Waals surface area contributed by atoms with E-state index < -0.39 is 0 Å². The van der Waals surface area contributed by atoms with Crippen LogP contribution in [0, 0.1) is 17.8 Å². The smallest absolute Gasteiger partial charge is 0.222 e. The predicted molar refractivity (Wildman–Crippen MR) is 65.1 cm³/mol. The minimum Gasteiger partial charge on any atom is -0.342 e. The van der Waals surface area contributed by atoms with Crippen molar-refractivity contribution >= 4 is 5.91 Å². The summed E-state index contributed by atoms with van der Waals surface area (Å²) in [4.78, 5) is 14.0. The van der Waals surface area contributed by atoms with Gasteiger partial charge < -0.3 is 10.2 Å². The highest BCUT2D eigenvalue weighted by Gasteiger charge is 2.32. The van der Waals surface area contributed by atoms with Crippen molar-refractivity contribution in [1.29, 1.82) is 0 Å². The highest BCUT2D eigenvalue weighted by atomic mass is 16.2. The quantitative estimate of drug-likeness (QED) is 0.788. The van der Waals surface area contributed by atoms with Crippen LogP contribution < -0.4 is 5.32 Å². The fourth-order valence-corrected chi connectivity index (χ4v) is 2.82. The van der Waals surface area contributed by atoms with Gasteiger partial charge in [0, 0.05) is 19.5 Å². The van der Waals surface area contributed by atoms with Gasteiger partial charge >= 0.3 is 0 Å². The molecular weight excluding hydrogens is 200 g/mol. The third-order valence-electron chi connectivity index (χ3n) is 4.06. The summed E-state index contributed by atoms with van der Waals surface area (Å²) in [5.74, 6) is 2.29. The number of hydrogen-bond donors (Lipinski definition) is 1. The normalized spacial score (nSPS) is 31.4. The van der Waals surface area contributed by atoms with Crippen LogP contribution in [0.1, 0.15) is 33.1 Å². The topological polar surface area (TPSA) is 32.3 Å². The fraction of sp³-hybridized carbons (Fsp3) is 0.923. The zero-order chi connectivity index (χ0) is 11.5. The molecule has 2 aliphatic heterocycles. The van der Waals surface area contributed by atoms with E-state index in [-0.39, 0.29) is 0 Å². The van der Waals surface area contributed by atoms with Crippen LogP contribution in [0.2, 0.25) is 0 Å². The van der Waals surface area contributed by atoms with Crippen molar-refractivity contribution in [2.45, 2.75) is 33.1 Å². The lowest BCUT2D eigenvalue weighted by molar-refractivity contribution is -0.128. The maximum atomic E-state index is 11.9. The molecule has 2 atom stereocenters. The van der Waals surface area contributed by atoms with Gasteiger partial charge in [0.25, 0.3) is 0 Å². The second-order valence-electron chi connectivity index (χ2n) is 5.72. The standard InChI is InChI=1S/C13H24N2O/c1-10(2)12-6-13(16)15(9-12)8-11-4-3-5-14-7-11/h10-12,14H,3-9H2,1-2H3. The first-order chi connectivity index (χ1) is 7.66. The van der Waals surface area contributed by atoms with Gasteiger partial charge in [-0.3, -0.25) is 4.79 Å². The molecule has 1 N–H and O–H groups in total. The molecule has 2 unspecified atom stereocenters.